The van der Waals surface area contributed by atoms with Crippen LogP contribution in [0, 0.1) is 11.7 Å². The molecule has 0 radical (unpaired) electrons. The molecule has 1 fully saturated rings. The first-order valence-electron chi connectivity index (χ1n) is 7.03. The number of piperidine rings is 1. The molecule has 0 aliphatic carbocycles. The van der Waals surface area contributed by atoms with Crippen molar-refractivity contribution in [1.82, 2.24) is 4.90 Å². The molecule has 114 valence electrons. The van der Waals surface area contributed by atoms with Crippen LogP contribution in [0.15, 0.2) is 18.2 Å². The highest BCUT2D eigenvalue weighted by atomic mass is 19.1. The van der Waals surface area contributed by atoms with Crippen LogP contribution >= 0.6 is 0 Å². The Bertz CT molecular complexity index is 540. The molecule has 1 aromatic rings. The maximum atomic E-state index is 13.7. The van der Waals surface area contributed by atoms with E-state index in [0.717, 1.165) is 18.9 Å². The van der Waals surface area contributed by atoms with Crippen LogP contribution in [0.2, 0.25) is 0 Å². The second-order valence-electron chi connectivity index (χ2n) is 5.41. The zero-order valence-corrected chi connectivity index (χ0v) is 11.7. The summed E-state index contributed by atoms with van der Waals surface area (Å²) in [5, 5.41) is 8.67. The van der Waals surface area contributed by atoms with Gasteiger partial charge in [-0.2, -0.15) is 0 Å². The minimum absolute atomic E-state index is 0.0354. The molecule has 0 atom stereocenters. The molecule has 0 bridgehead atoms. The Morgan fingerprint density at radius 1 is 1.33 bits per heavy atom. The standard InChI is InChI=1S/C15H19FN2O3/c16-13-9-11(17)2-3-12(13)15(21)18-7-5-10(6-8-18)1-4-14(19)20/h2-3,9-10H,1,4-8,17H2,(H,19,20). The van der Waals surface area contributed by atoms with Gasteiger partial charge in [-0.25, -0.2) is 4.39 Å². The van der Waals surface area contributed by atoms with E-state index >= 15 is 0 Å². The lowest BCUT2D eigenvalue weighted by molar-refractivity contribution is -0.137. The molecule has 0 aromatic heterocycles. The van der Waals surface area contributed by atoms with E-state index in [1.54, 1.807) is 4.90 Å². The molecule has 1 heterocycles. The number of nitrogens with two attached hydrogens (primary N) is 1. The molecule has 1 amide bonds. The van der Waals surface area contributed by atoms with Crippen molar-refractivity contribution in [2.45, 2.75) is 25.7 Å². The van der Waals surface area contributed by atoms with E-state index < -0.39 is 11.8 Å². The summed E-state index contributed by atoms with van der Waals surface area (Å²) >= 11 is 0. The number of hydrogen-bond donors (Lipinski definition) is 2. The van der Waals surface area contributed by atoms with Crippen LogP contribution in [0.3, 0.4) is 0 Å². The number of hydrogen-bond acceptors (Lipinski definition) is 3. The van der Waals surface area contributed by atoms with Gasteiger partial charge in [0.1, 0.15) is 5.82 Å². The van der Waals surface area contributed by atoms with Gasteiger partial charge >= 0.3 is 5.97 Å². The van der Waals surface area contributed by atoms with Gasteiger partial charge in [-0.05, 0) is 43.4 Å². The summed E-state index contributed by atoms with van der Waals surface area (Å²) in [4.78, 5) is 24.4. The number of benzene rings is 1. The number of carbonyl (C=O) groups is 2. The van der Waals surface area contributed by atoms with Gasteiger partial charge in [0.05, 0.1) is 5.56 Å². The molecule has 1 saturated heterocycles. The minimum atomic E-state index is -0.794. The highest BCUT2D eigenvalue weighted by Gasteiger charge is 2.25. The Hall–Kier alpha value is -2.11. The molecule has 1 aromatic carbocycles. The molecule has 1 aliphatic rings. The van der Waals surface area contributed by atoms with Crippen molar-refractivity contribution in [3.8, 4) is 0 Å². The van der Waals surface area contributed by atoms with Crippen LogP contribution in [0.1, 0.15) is 36.0 Å². The Balaban J connectivity index is 1.92. The normalized spacial score (nSPS) is 16.0. The van der Waals surface area contributed by atoms with E-state index in [2.05, 4.69) is 0 Å². The van der Waals surface area contributed by atoms with E-state index in [1.165, 1.54) is 12.1 Å². The summed E-state index contributed by atoms with van der Waals surface area (Å²) in [6.07, 6.45) is 2.31. The number of carboxylic acids is 1. The summed E-state index contributed by atoms with van der Waals surface area (Å²) in [5.41, 5.74) is 5.79. The fraction of sp³-hybridized carbons (Fsp3) is 0.467. The Labute approximate surface area is 122 Å². The van der Waals surface area contributed by atoms with Gasteiger partial charge in [-0.3, -0.25) is 9.59 Å². The smallest absolute Gasteiger partial charge is 0.303 e. The maximum absolute atomic E-state index is 13.7. The maximum Gasteiger partial charge on any atom is 0.303 e. The van der Waals surface area contributed by atoms with Gasteiger partial charge in [-0.1, -0.05) is 0 Å². The SMILES string of the molecule is Nc1ccc(C(=O)N2CCC(CCC(=O)O)CC2)c(F)c1. The lowest BCUT2D eigenvalue weighted by Crippen LogP contribution is -2.39. The third-order valence-corrected chi connectivity index (χ3v) is 3.89. The van der Waals surface area contributed by atoms with Crippen molar-refractivity contribution in [3.05, 3.63) is 29.6 Å². The molecule has 2 rings (SSSR count). The van der Waals surface area contributed by atoms with E-state index in [0.29, 0.717) is 25.4 Å². The molecule has 5 nitrogen and oxygen atoms in total. The summed E-state index contributed by atoms with van der Waals surface area (Å²) in [6, 6.07) is 4.06. The van der Waals surface area contributed by atoms with Gasteiger partial charge in [0.2, 0.25) is 0 Å². The number of nitrogen functional groups attached to an aromatic ring is 1. The zero-order chi connectivity index (χ0) is 15.4. The highest BCUT2D eigenvalue weighted by molar-refractivity contribution is 5.94. The molecular weight excluding hydrogens is 275 g/mol. The highest BCUT2D eigenvalue weighted by Crippen LogP contribution is 2.24. The average Bonchev–Trinajstić information content (AvgIpc) is 2.45. The number of nitrogens with zero attached hydrogens (tertiary/aromatic N) is 1. The van der Waals surface area contributed by atoms with Gasteiger partial charge < -0.3 is 15.7 Å². The second-order valence-corrected chi connectivity index (χ2v) is 5.41. The molecule has 3 N–H and O–H groups in total. The number of rotatable bonds is 4. The fourth-order valence-electron chi connectivity index (χ4n) is 2.63. The number of amides is 1. The topological polar surface area (TPSA) is 83.6 Å². The Morgan fingerprint density at radius 2 is 2.00 bits per heavy atom. The first-order chi connectivity index (χ1) is 9.97. The van der Waals surface area contributed by atoms with Crippen LogP contribution in [0.4, 0.5) is 10.1 Å². The van der Waals surface area contributed by atoms with Gasteiger partial charge in [0, 0.05) is 25.2 Å². The van der Waals surface area contributed by atoms with E-state index in [9.17, 15) is 14.0 Å². The van der Waals surface area contributed by atoms with Crippen LogP contribution in [-0.2, 0) is 4.79 Å². The van der Waals surface area contributed by atoms with Crippen molar-refractivity contribution in [3.63, 3.8) is 0 Å². The van der Waals surface area contributed by atoms with Crippen LogP contribution in [0.25, 0.3) is 0 Å². The van der Waals surface area contributed by atoms with Crippen molar-refractivity contribution in [2.75, 3.05) is 18.8 Å². The number of halogens is 1. The Morgan fingerprint density at radius 3 is 2.57 bits per heavy atom. The van der Waals surface area contributed by atoms with Crippen LogP contribution < -0.4 is 5.73 Å². The van der Waals surface area contributed by atoms with E-state index in [-0.39, 0.29) is 23.6 Å². The fourth-order valence-corrected chi connectivity index (χ4v) is 2.63. The van der Waals surface area contributed by atoms with Crippen LogP contribution in [0.5, 0.6) is 0 Å². The van der Waals surface area contributed by atoms with Crippen molar-refractivity contribution < 1.29 is 19.1 Å². The van der Waals surface area contributed by atoms with Crippen molar-refractivity contribution in [2.24, 2.45) is 5.92 Å². The molecule has 0 saturated carbocycles. The number of carbonyl (C=O) groups excluding carboxylic acids is 1. The van der Waals surface area contributed by atoms with Crippen LogP contribution in [-0.4, -0.2) is 35.0 Å². The van der Waals surface area contributed by atoms with E-state index in [4.69, 9.17) is 10.8 Å². The number of anilines is 1. The first kappa shape index (κ1) is 15.3. The zero-order valence-electron chi connectivity index (χ0n) is 11.7. The Kier molecular flexibility index (Phi) is 4.77. The largest absolute Gasteiger partial charge is 0.481 e. The average molecular weight is 294 g/mol. The van der Waals surface area contributed by atoms with Crippen molar-refractivity contribution >= 4 is 17.6 Å². The third kappa shape index (κ3) is 3.93. The molecule has 0 spiro atoms. The summed E-state index contributed by atoms with van der Waals surface area (Å²) in [5.74, 6) is -1.41. The predicted molar refractivity (Wildman–Crippen MR) is 76.3 cm³/mol. The molecular formula is C15H19FN2O3. The number of likely N-dealkylation sites (tertiary alicyclic amines) is 1. The third-order valence-electron chi connectivity index (χ3n) is 3.89. The van der Waals surface area contributed by atoms with Crippen molar-refractivity contribution in [1.29, 1.82) is 0 Å². The predicted octanol–water partition coefficient (Wildman–Crippen LogP) is 2.12. The molecule has 21 heavy (non-hydrogen) atoms. The number of aliphatic carboxylic acids is 1. The lowest BCUT2D eigenvalue weighted by Gasteiger charge is -2.32. The van der Waals surface area contributed by atoms with Gasteiger partial charge in [0.25, 0.3) is 5.91 Å². The molecule has 1 aliphatic heterocycles. The molecule has 6 heteroatoms. The van der Waals surface area contributed by atoms with Gasteiger partial charge in [0.15, 0.2) is 0 Å². The minimum Gasteiger partial charge on any atom is -0.481 e. The number of carboxylic acid groups (broad SMARTS) is 1. The van der Waals surface area contributed by atoms with Gasteiger partial charge in [-0.15, -0.1) is 0 Å². The monoisotopic (exact) mass is 294 g/mol. The lowest BCUT2D eigenvalue weighted by atomic mass is 9.92. The molecule has 0 unspecified atom stereocenters. The quantitative estimate of drug-likeness (QED) is 0.833. The second kappa shape index (κ2) is 6.56. The summed E-state index contributed by atoms with van der Waals surface area (Å²) in [7, 11) is 0. The first-order valence-corrected chi connectivity index (χ1v) is 7.03. The summed E-state index contributed by atoms with van der Waals surface area (Å²) < 4.78 is 13.7. The van der Waals surface area contributed by atoms with E-state index in [1.807, 2.05) is 0 Å². The summed E-state index contributed by atoms with van der Waals surface area (Å²) in [6.45, 7) is 1.07.